The van der Waals surface area contributed by atoms with Gasteiger partial charge in [-0.15, -0.1) is 22.0 Å². The number of imide groups is 1. The molecule has 6 aromatic carbocycles. The minimum absolute atomic E-state index is 0.160. The van der Waals surface area contributed by atoms with Crippen molar-refractivity contribution in [1.82, 2.24) is 10.2 Å². The molecule has 1 aromatic heterocycles. The predicted octanol–water partition coefficient (Wildman–Crippen LogP) is 9.02. The van der Waals surface area contributed by atoms with E-state index in [9.17, 15) is 0 Å². The number of carbonyl (C=O) groups is 2. The van der Waals surface area contributed by atoms with E-state index < -0.39 is 21.3 Å². The van der Waals surface area contributed by atoms with Crippen molar-refractivity contribution in [2.24, 2.45) is 11.8 Å². The largest absolute Gasteiger partial charge is 0.274 e. The molecule has 6 heteroatoms. The zero-order valence-corrected chi connectivity index (χ0v) is 27.6. The molecule has 0 saturated carbocycles. The van der Waals surface area contributed by atoms with Crippen molar-refractivity contribution in [2.75, 3.05) is 4.90 Å². The van der Waals surface area contributed by atoms with Gasteiger partial charge >= 0.3 is 0 Å². The summed E-state index contributed by atoms with van der Waals surface area (Å²) in [6, 6.07) is 54.8. The fraction of sp³-hybridized carbons (Fsp3) is 0.0909. The molecule has 0 radical (unpaired) electrons. The lowest BCUT2D eigenvalue weighted by Crippen LogP contribution is -2.42. The average Bonchev–Trinajstić information content (AvgIpc) is 3.78. The van der Waals surface area contributed by atoms with Gasteiger partial charge in [-0.25, -0.2) is 4.90 Å². The van der Waals surface area contributed by atoms with Crippen LogP contribution in [0.3, 0.4) is 0 Å². The SMILES string of the molecule is O=C1C2C(C(=O)N1c1ccccc1)C1(c3ccccc3)SC2(c2ccccc2)c2cc3c(-c4ccccc4)nnc(-c4ccccc4)c3cc21. The van der Waals surface area contributed by atoms with Crippen molar-refractivity contribution in [3.63, 3.8) is 0 Å². The second-order valence-corrected chi connectivity index (χ2v) is 14.7. The molecular formula is C44H29N3O2S. The number of hydrogen-bond donors (Lipinski definition) is 0. The van der Waals surface area contributed by atoms with Crippen molar-refractivity contribution in [3.05, 3.63) is 186 Å². The zero-order valence-electron chi connectivity index (χ0n) is 26.8. The van der Waals surface area contributed by atoms with Gasteiger partial charge in [0.05, 0.1) is 27.0 Å². The van der Waals surface area contributed by atoms with Gasteiger partial charge in [0.2, 0.25) is 11.8 Å². The van der Waals surface area contributed by atoms with Gasteiger partial charge in [0.15, 0.2) is 0 Å². The number of nitrogens with zero attached hydrogens (tertiary/aromatic N) is 3. The van der Waals surface area contributed by atoms with Gasteiger partial charge in [0.25, 0.3) is 0 Å². The molecule has 2 saturated heterocycles. The summed E-state index contributed by atoms with van der Waals surface area (Å²) >= 11 is 1.76. The van der Waals surface area contributed by atoms with Crippen molar-refractivity contribution in [3.8, 4) is 22.5 Å². The van der Waals surface area contributed by atoms with Crippen LogP contribution < -0.4 is 4.90 Å². The summed E-state index contributed by atoms with van der Waals surface area (Å²) in [5, 5.41) is 11.7. The molecule has 4 atom stereocenters. The van der Waals surface area contributed by atoms with Gasteiger partial charge in [-0.05, 0) is 46.5 Å². The Balaban J connectivity index is 1.35. The molecule has 2 amide bonds. The molecule has 4 unspecified atom stereocenters. The van der Waals surface area contributed by atoms with E-state index in [1.54, 1.807) is 11.8 Å². The van der Waals surface area contributed by atoms with Gasteiger partial charge in [-0.2, -0.15) is 0 Å². The van der Waals surface area contributed by atoms with Crippen LogP contribution in [0.15, 0.2) is 164 Å². The monoisotopic (exact) mass is 663 g/mol. The number of aromatic nitrogens is 2. The molecule has 4 heterocycles. The Morgan fingerprint density at radius 3 is 1.24 bits per heavy atom. The second kappa shape index (κ2) is 10.8. The Labute approximate surface area is 293 Å². The maximum Gasteiger partial charge on any atom is 0.239 e. The van der Waals surface area contributed by atoms with Gasteiger partial charge in [-0.1, -0.05) is 140 Å². The number of anilines is 1. The number of hydrogen-bond acceptors (Lipinski definition) is 5. The summed E-state index contributed by atoms with van der Waals surface area (Å²) < 4.78 is -1.68. The van der Waals surface area contributed by atoms with Gasteiger partial charge in [-0.3, -0.25) is 9.59 Å². The quantitative estimate of drug-likeness (QED) is 0.172. The first-order valence-electron chi connectivity index (χ1n) is 16.8. The smallest absolute Gasteiger partial charge is 0.239 e. The minimum atomic E-state index is -0.842. The van der Waals surface area contributed by atoms with Crippen LogP contribution in [0.2, 0.25) is 0 Å². The summed E-state index contributed by atoms with van der Waals surface area (Å²) in [7, 11) is 0. The third-order valence-electron chi connectivity index (χ3n) is 10.7. The lowest BCUT2D eigenvalue weighted by molar-refractivity contribution is -0.122. The van der Waals surface area contributed by atoms with E-state index in [-0.39, 0.29) is 11.8 Å². The van der Waals surface area contributed by atoms with E-state index in [2.05, 4.69) is 60.7 Å². The molecule has 7 aromatic rings. The van der Waals surface area contributed by atoms with Gasteiger partial charge in [0, 0.05) is 21.9 Å². The molecule has 10 rings (SSSR count). The molecule has 0 spiro atoms. The third kappa shape index (κ3) is 3.79. The molecule has 0 aliphatic carbocycles. The normalized spacial score (nSPS) is 23.3. The average molecular weight is 664 g/mol. The van der Waals surface area contributed by atoms with Crippen molar-refractivity contribution < 1.29 is 9.59 Å². The van der Waals surface area contributed by atoms with Crippen LogP contribution in [0.25, 0.3) is 33.3 Å². The number of rotatable bonds is 5. The summed E-state index contributed by atoms with van der Waals surface area (Å²) in [6.07, 6.45) is 0. The molecular weight excluding hydrogens is 635 g/mol. The summed E-state index contributed by atoms with van der Waals surface area (Å²) in [5.74, 6) is -1.58. The first kappa shape index (κ1) is 29.1. The van der Waals surface area contributed by atoms with E-state index in [4.69, 9.17) is 10.2 Å². The lowest BCUT2D eigenvalue weighted by Gasteiger charge is -2.37. The van der Waals surface area contributed by atoms with E-state index in [1.165, 1.54) is 4.90 Å². The molecule has 50 heavy (non-hydrogen) atoms. The van der Waals surface area contributed by atoms with E-state index >= 15 is 9.59 Å². The van der Waals surface area contributed by atoms with Crippen molar-refractivity contribution >= 4 is 40.0 Å². The molecule has 5 nitrogen and oxygen atoms in total. The Hall–Kier alpha value is -5.85. The number of thioether (sulfide) groups is 1. The molecule has 0 N–H and O–H groups in total. The molecule has 2 fully saturated rings. The highest BCUT2D eigenvalue weighted by molar-refractivity contribution is 8.02. The van der Waals surface area contributed by atoms with Crippen LogP contribution in [0.4, 0.5) is 5.69 Å². The topological polar surface area (TPSA) is 63.2 Å². The van der Waals surface area contributed by atoms with Crippen molar-refractivity contribution in [1.29, 1.82) is 0 Å². The molecule has 2 bridgehead atoms. The van der Waals surface area contributed by atoms with Crippen LogP contribution in [0, 0.1) is 11.8 Å². The van der Waals surface area contributed by atoms with E-state index in [1.807, 2.05) is 103 Å². The highest BCUT2D eigenvalue weighted by Gasteiger charge is 2.77. The lowest BCUT2D eigenvalue weighted by atomic mass is 9.61. The number of amides is 2. The Kier molecular flexibility index (Phi) is 6.30. The Morgan fingerprint density at radius 1 is 0.480 bits per heavy atom. The maximum atomic E-state index is 15.0. The van der Waals surface area contributed by atoms with Gasteiger partial charge in [0.1, 0.15) is 11.4 Å². The molecule has 3 aliphatic rings. The van der Waals surface area contributed by atoms with E-state index in [0.29, 0.717) is 5.69 Å². The van der Waals surface area contributed by atoms with Crippen LogP contribution in [-0.4, -0.2) is 22.0 Å². The molecule has 3 aliphatic heterocycles. The Morgan fingerprint density at radius 2 is 0.840 bits per heavy atom. The van der Waals surface area contributed by atoms with Crippen molar-refractivity contribution in [2.45, 2.75) is 9.49 Å². The first-order chi connectivity index (χ1) is 24.6. The minimum Gasteiger partial charge on any atom is -0.274 e. The fourth-order valence-corrected chi connectivity index (χ4v) is 11.0. The fourth-order valence-electron chi connectivity index (χ4n) is 8.74. The van der Waals surface area contributed by atoms with Crippen LogP contribution >= 0.6 is 11.8 Å². The number of carbonyl (C=O) groups excluding carboxylic acids is 2. The predicted molar refractivity (Wildman–Crippen MR) is 198 cm³/mol. The zero-order chi connectivity index (χ0) is 33.5. The first-order valence-corrected chi connectivity index (χ1v) is 17.6. The van der Waals surface area contributed by atoms with Crippen LogP contribution in [0.1, 0.15) is 22.3 Å². The number of para-hydroxylation sites is 1. The summed E-state index contributed by atoms with van der Waals surface area (Å²) in [4.78, 5) is 31.5. The van der Waals surface area contributed by atoms with E-state index in [0.717, 1.165) is 55.5 Å². The summed E-state index contributed by atoms with van der Waals surface area (Å²) in [6.45, 7) is 0. The maximum absolute atomic E-state index is 15.0. The Bertz CT molecular complexity index is 2310. The summed E-state index contributed by atoms with van der Waals surface area (Å²) in [5.41, 5.74) is 8.22. The van der Waals surface area contributed by atoms with Gasteiger partial charge < -0.3 is 0 Å². The number of benzene rings is 6. The highest BCUT2D eigenvalue weighted by atomic mass is 32.2. The number of fused-ring (bicyclic) bond motifs is 9. The van der Waals surface area contributed by atoms with Crippen LogP contribution in [-0.2, 0) is 19.1 Å². The second-order valence-electron chi connectivity index (χ2n) is 13.2. The highest BCUT2D eigenvalue weighted by Crippen LogP contribution is 2.79. The molecule has 238 valence electrons. The standard InChI is InChI=1S/C44H29N3O2S/c48-41-37-38(42(49)47(41)32-24-14-5-15-25-32)44(31-22-12-4-13-23-31)36-27-34-33(26-35(36)43(37,50-44)30-20-10-3-11-21-30)39(28-16-6-1-7-17-28)45-46-40(34)29-18-8-2-9-19-29/h1-27,37-38H. The van der Waals surface area contributed by atoms with Crippen LogP contribution in [0.5, 0.6) is 0 Å². The third-order valence-corrected chi connectivity index (χ3v) is 12.8.